The Morgan fingerprint density at radius 1 is 0.963 bits per heavy atom. The van der Waals surface area contributed by atoms with Gasteiger partial charge in [-0.05, 0) is 38.1 Å². The Morgan fingerprint density at radius 2 is 1.67 bits per heavy atom. The first-order chi connectivity index (χ1) is 13.0. The maximum Gasteiger partial charge on any atom is 0.182 e. The van der Waals surface area contributed by atoms with Crippen molar-refractivity contribution in [3.8, 4) is 5.82 Å². The molecule has 0 atom stereocenters. The highest BCUT2D eigenvalue weighted by Gasteiger charge is 2.22. The van der Waals surface area contributed by atoms with Gasteiger partial charge in [0.15, 0.2) is 11.6 Å². The minimum Gasteiger partial charge on any atom is -0.393 e. The molecular weight excluding hydrogens is 362 g/mol. The molecule has 0 amide bonds. The SMILES string of the molecule is Cc1cc(C)n(-c2ncnc(N3CCN(c4cccc(Cl)c4)CC3)c2N)n1. The van der Waals surface area contributed by atoms with E-state index in [2.05, 4.69) is 30.9 Å². The fraction of sp³-hybridized carbons (Fsp3) is 0.316. The van der Waals surface area contributed by atoms with Crippen molar-refractivity contribution in [3.05, 3.63) is 53.1 Å². The van der Waals surface area contributed by atoms with E-state index in [-0.39, 0.29) is 0 Å². The van der Waals surface area contributed by atoms with Gasteiger partial charge in [0.2, 0.25) is 0 Å². The minimum absolute atomic E-state index is 0.555. The molecule has 0 radical (unpaired) electrons. The average molecular weight is 384 g/mol. The maximum absolute atomic E-state index is 6.43. The molecule has 0 spiro atoms. The van der Waals surface area contributed by atoms with Crippen molar-refractivity contribution in [2.24, 2.45) is 0 Å². The van der Waals surface area contributed by atoms with Gasteiger partial charge in [-0.15, -0.1) is 0 Å². The number of hydrogen-bond acceptors (Lipinski definition) is 6. The Morgan fingerprint density at radius 3 is 2.33 bits per heavy atom. The summed E-state index contributed by atoms with van der Waals surface area (Å²) in [5.74, 6) is 1.39. The van der Waals surface area contributed by atoms with Crippen molar-refractivity contribution in [1.82, 2.24) is 19.7 Å². The zero-order chi connectivity index (χ0) is 19.0. The molecule has 7 nitrogen and oxygen atoms in total. The molecule has 3 aromatic rings. The first-order valence-electron chi connectivity index (χ1n) is 8.92. The molecule has 1 fully saturated rings. The predicted molar refractivity (Wildman–Crippen MR) is 109 cm³/mol. The van der Waals surface area contributed by atoms with E-state index in [1.54, 1.807) is 11.0 Å². The third-order valence-electron chi connectivity index (χ3n) is 4.80. The number of nitrogens with zero attached hydrogens (tertiary/aromatic N) is 6. The summed E-state index contributed by atoms with van der Waals surface area (Å²) in [4.78, 5) is 13.3. The number of rotatable bonds is 3. The predicted octanol–water partition coefficient (Wildman–Crippen LogP) is 2.84. The van der Waals surface area contributed by atoms with E-state index < -0.39 is 0 Å². The Labute approximate surface area is 163 Å². The molecule has 1 aromatic carbocycles. The summed E-state index contributed by atoms with van der Waals surface area (Å²) >= 11 is 6.12. The molecule has 1 aliphatic rings. The van der Waals surface area contributed by atoms with Gasteiger partial charge in [-0.1, -0.05) is 17.7 Å². The van der Waals surface area contributed by atoms with Crippen molar-refractivity contribution in [1.29, 1.82) is 0 Å². The van der Waals surface area contributed by atoms with Crippen LogP contribution in [0.4, 0.5) is 17.2 Å². The van der Waals surface area contributed by atoms with Crippen molar-refractivity contribution in [2.45, 2.75) is 13.8 Å². The summed E-state index contributed by atoms with van der Waals surface area (Å²) in [5.41, 5.74) is 10.1. The van der Waals surface area contributed by atoms with Crippen LogP contribution in [0.25, 0.3) is 5.82 Å². The standard InChI is InChI=1S/C19H22ClN7/c1-13-10-14(2)27(24-13)19-17(21)18(22-12-23-19)26-8-6-25(7-9-26)16-5-3-4-15(20)11-16/h3-5,10-12H,6-9,21H2,1-2H3. The van der Waals surface area contributed by atoms with Gasteiger partial charge in [0, 0.05) is 42.6 Å². The Balaban J connectivity index is 1.55. The quantitative estimate of drug-likeness (QED) is 0.749. The fourth-order valence-electron chi connectivity index (χ4n) is 3.49. The normalized spacial score (nSPS) is 14.6. The van der Waals surface area contributed by atoms with E-state index in [1.165, 1.54) is 0 Å². The number of nitrogen functional groups attached to an aromatic ring is 1. The molecule has 1 aliphatic heterocycles. The van der Waals surface area contributed by atoms with Crippen LogP contribution in [-0.2, 0) is 0 Å². The Hall–Kier alpha value is -2.80. The highest BCUT2D eigenvalue weighted by atomic mass is 35.5. The van der Waals surface area contributed by atoms with E-state index in [4.69, 9.17) is 17.3 Å². The number of piperazine rings is 1. The number of nitrogens with two attached hydrogens (primary N) is 1. The molecule has 0 aliphatic carbocycles. The molecule has 8 heteroatoms. The zero-order valence-electron chi connectivity index (χ0n) is 15.4. The van der Waals surface area contributed by atoms with Crippen LogP contribution in [-0.4, -0.2) is 45.9 Å². The monoisotopic (exact) mass is 383 g/mol. The molecule has 2 N–H and O–H groups in total. The molecular formula is C19H22ClN7. The summed E-state index contributed by atoms with van der Waals surface area (Å²) in [6.45, 7) is 7.34. The van der Waals surface area contributed by atoms with Gasteiger partial charge in [-0.3, -0.25) is 0 Å². The number of aryl methyl sites for hydroxylation is 2. The topological polar surface area (TPSA) is 76.1 Å². The Kier molecular flexibility index (Phi) is 4.61. The molecule has 0 unspecified atom stereocenters. The fourth-order valence-corrected chi connectivity index (χ4v) is 3.68. The van der Waals surface area contributed by atoms with Crippen molar-refractivity contribution < 1.29 is 0 Å². The van der Waals surface area contributed by atoms with Gasteiger partial charge in [0.25, 0.3) is 0 Å². The van der Waals surface area contributed by atoms with Crippen molar-refractivity contribution in [3.63, 3.8) is 0 Å². The number of anilines is 3. The average Bonchev–Trinajstić information content (AvgIpc) is 3.00. The van der Waals surface area contributed by atoms with Gasteiger partial charge in [-0.2, -0.15) is 5.10 Å². The maximum atomic E-state index is 6.43. The number of hydrogen-bond donors (Lipinski definition) is 1. The first-order valence-corrected chi connectivity index (χ1v) is 9.30. The van der Waals surface area contributed by atoms with Gasteiger partial charge < -0.3 is 15.5 Å². The number of aromatic nitrogens is 4. The molecule has 0 bridgehead atoms. The van der Waals surface area contributed by atoms with Crippen LogP contribution in [0.15, 0.2) is 36.7 Å². The lowest BCUT2D eigenvalue weighted by molar-refractivity contribution is 0.646. The van der Waals surface area contributed by atoms with Crippen LogP contribution in [0.2, 0.25) is 5.02 Å². The van der Waals surface area contributed by atoms with Crippen LogP contribution in [0.3, 0.4) is 0 Å². The molecule has 1 saturated heterocycles. The van der Waals surface area contributed by atoms with Crippen LogP contribution < -0.4 is 15.5 Å². The Bertz CT molecular complexity index is 960. The van der Waals surface area contributed by atoms with Gasteiger partial charge >= 0.3 is 0 Å². The third kappa shape index (κ3) is 3.42. The van der Waals surface area contributed by atoms with Crippen LogP contribution in [0, 0.1) is 13.8 Å². The van der Waals surface area contributed by atoms with Crippen LogP contribution in [0.5, 0.6) is 0 Å². The highest BCUT2D eigenvalue weighted by Crippen LogP contribution is 2.28. The lowest BCUT2D eigenvalue weighted by Crippen LogP contribution is -2.47. The van der Waals surface area contributed by atoms with E-state index in [1.807, 2.05) is 38.1 Å². The molecule has 0 saturated carbocycles. The number of benzene rings is 1. The minimum atomic E-state index is 0.555. The van der Waals surface area contributed by atoms with Crippen molar-refractivity contribution in [2.75, 3.05) is 41.7 Å². The molecule has 140 valence electrons. The molecule has 3 heterocycles. The summed E-state index contributed by atoms with van der Waals surface area (Å²) < 4.78 is 1.78. The van der Waals surface area contributed by atoms with E-state index >= 15 is 0 Å². The second kappa shape index (κ2) is 7.08. The largest absolute Gasteiger partial charge is 0.393 e. The van der Waals surface area contributed by atoms with Gasteiger partial charge in [0.05, 0.1) is 5.69 Å². The highest BCUT2D eigenvalue weighted by molar-refractivity contribution is 6.30. The second-order valence-electron chi connectivity index (χ2n) is 6.73. The molecule has 4 rings (SSSR count). The van der Waals surface area contributed by atoms with E-state index in [0.29, 0.717) is 11.5 Å². The lowest BCUT2D eigenvalue weighted by atomic mass is 10.2. The van der Waals surface area contributed by atoms with E-state index in [9.17, 15) is 0 Å². The van der Waals surface area contributed by atoms with Crippen molar-refractivity contribution >= 4 is 28.8 Å². The summed E-state index contributed by atoms with van der Waals surface area (Å²) in [5, 5.41) is 5.25. The van der Waals surface area contributed by atoms with Gasteiger partial charge in [0.1, 0.15) is 12.0 Å². The molecule has 27 heavy (non-hydrogen) atoms. The summed E-state index contributed by atoms with van der Waals surface area (Å²) in [7, 11) is 0. The van der Waals surface area contributed by atoms with Gasteiger partial charge in [-0.25, -0.2) is 14.6 Å². The third-order valence-corrected chi connectivity index (χ3v) is 5.04. The smallest absolute Gasteiger partial charge is 0.182 e. The summed E-state index contributed by atoms with van der Waals surface area (Å²) in [6.07, 6.45) is 1.56. The second-order valence-corrected chi connectivity index (χ2v) is 7.16. The molecule has 2 aromatic heterocycles. The first kappa shape index (κ1) is 17.6. The number of halogens is 1. The lowest BCUT2D eigenvalue weighted by Gasteiger charge is -2.37. The summed E-state index contributed by atoms with van der Waals surface area (Å²) in [6, 6.07) is 9.96. The van der Waals surface area contributed by atoms with Crippen LogP contribution >= 0.6 is 11.6 Å². The van der Waals surface area contributed by atoms with E-state index in [0.717, 1.165) is 54.1 Å². The zero-order valence-corrected chi connectivity index (χ0v) is 16.2. The van der Waals surface area contributed by atoms with Crippen LogP contribution in [0.1, 0.15) is 11.4 Å².